The smallest absolute Gasteiger partial charge is 0.122 e. The summed E-state index contributed by atoms with van der Waals surface area (Å²) in [6.07, 6.45) is 0. The van der Waals surface area contributed by atoms with Crippen LogP contribution in [-0.2, 0) is 0 Å². The summed E-state index contributed by atoms with van der Waals surface area (Å²) in [7, 11) is 0. The summed E-state index contributed by atoms with van der Waals surface area (Å²) in [5, 5.41) is 0. The molecule has 0 aliphatic heterocycles. The van der Waals surface area contributed by atoms with Gasteiger partial charge in [-0.3, -0.25) is 0 Å². The molecule has 2 aromatic rings. The first-order valence-corrected chi connectivity index (χ1v) is 7.00. The summed E-state index contributed by atoms with van der Waals surface area (Å²) < 4.78 is 5.88. The Bertz CT molecular complexity index is 604. The fourth-order valence-electron chi connectivity index (χ4n) is 2.39. The largest absolute Gasteiger partial charge is 0.491 e. The molecule has 2 heteroatoms. The van der Waals surface area contributed by atoms with Gasteiger partial charge in [0.15, 0.2) is 0 Å². The van der Waals surface area contributed by atoms with E-state index in [0.29, 0.717) is 6.61 Å². The fraction of sp³-hybridized carbons (Fsp3) is 0.333. The molecule has 0 aliphatic rings. The predicted molar refractivity (Wildman–Crippen MR) is 84.3 cm³/mol. The van der Waals surface area contributed by atoms with E-state index in [-0.39, 0.29) is 6.04 Å². The maximum atomic E-state index is 6.27. The topological polar surface area (TPSA) is 35.2 Å². The first-order valence-electron chi connectivity index (χ1n) is 7.00. The summed E-state index contributed by atoms with van der Waals surface area (Å²) in [4.78, 5) is 0. The molecule has 0 spiro atoms. The van der Waals surface area contributed by atoms with Gasteiger partial charge in [-0.2, -0.15) is 0 Å². The van der Waals surface area contributed by atoms with E-state index in [1.807, 2.05) is 6.07 Å². The van der Waals surface area contributed by atoms with E-state index >= 15 is 0 Å². The summed E-state index contributed by atoms with van der Waals surface area (Å²) in [6, 6.07) is 12.5. The molecular weight excluding hydrogens is 246 g/mol. The first kappa shape index (κ1) is 14.6. The summed E-state index contributed by atoms with van der Waals surface area (Å²) in [6.45, 7) is 8.81. The van der Waals surface area contributed by atoms with E-state index in [4.69, 9.17) is 10.5 Å². The van der Waals surface area contributed by atoms with Crippen LogP contribution in [0.15, 0.2) is 36.4 Å². The number of aryl methyl sites for hydroxylation is 4. The summed E-state index contributed by atoms with van der Waals surface area (Å²) in [5.74, 6) is 0.913. The van der Waals surface area contributed by atoms with Crippen molar-refractivity contribution >= 4 is 0 Å². The minimum Gasteiger partial charge on any atom is -0.491 e. The molecule has 0 heterocycles. The molecule has 0 fully saturated rings. The highest BCUT2D eigenvalue weighted by atomic mass is 16.5. The second kappa shape index (κ2) is 6.10. The Morgan fingerprint density at radius 1 is 0.900 bits per heavy atom. The molecule has 0 saturated carbocycles. The Morgan fingerprint density at radius 3 is 2.25 bits per heavy atom. The van der Waals surface area contributed by atoms with Crippen molar-refractivity contribution < 1.29 is 4.74 Å². The number of hydrogen-bond donors (Lipinski definition) is 1. The molecular formula is C18H23NO. The normalized spacial score (nSPS) is 12.2. The molecule has 0 amide bonds. The van der Waals surface area contributed by atoms with E-state index in [9.17, 15) is 0 Å². The third-order valence-electron chi connectivity index (χ3n) is 3.58. The van der Waals surface area contributed by atoms with Crippen LogP contribution >= 0.6 is 0 Å². The minimum atomic E-state index is -0.101. The quantitative estimate of drug-likeness (QED) is 0.910. The lowest BCUT2D eigenvalue weighted by atomic mass is 10.00. The highest BCUT2D eigenvalue weighted by molar-refractivity contribution is 5.36. The van der Waals surface area contributed by atoms with Crippen LogP contribution in [0.3, 0.4) is 0 Å². The van der Waals surface area contributed by atoms with E-state index < -0.39 is 0 Å². The standard InChI is InChI=1S/C18H23NO/c1-12-6-8-18(15(4)9-12)20-11-17(19)16-10-13(2)5-7-14(16)3/h5-10,17H,11,19H2,1-4H3. The lowest BCUT2D eigenvalue weighted by Gasteiger charge is -2.17. The van der Waals surface area contributed by atoms with Gasteiger partial charge in [-0.15, -0.1) is 0 Å². The van der Waals surface area contributed by atoms with E-state index in [1.54, 1.807) is 0 Å². The number of rotatable bonds is 4. The second-order valence-corrected chi connectivity index (χ2v) is 5.55. The Balaban J connectivity index is 2.08. The predicted octanol–water partition coefficient (Wildman–Crippen LogP) is 4.00. The van der Waals surface area contributed by atoms with Crippen LogP contribution in [0.1, 0.15) is 33.9 Å². The molecule has 1 atom stereocenters. The first-order chi connectivity index (χ1) is 9.47. The monoisotopic (exact) mass is 269 g/mol. The van der Waals surface area contributed by atoms with Crippen molar-refractivity contribution in [3.05, 3.63) is 64.2 Å². The average molecular weight is 269 g/mol. The highest BCUT2D eigenvalue weighted by Gasteiger charge is 2.11. The summed E-state index contributed by atoms with van der Waals surface area (Å²) in [5.41, 5.74) is 12.3. The van der Waals surface area contributed by atoms with Crippen molar-refractivity contribution in [3.63, 3.8) is 0 Å². The molecule has 0 radical (unpaired) electrons. The van der Waals surface area contributed by atoms with Crippen LogP contribution in [0.2, 0.25) is 0 Å². The maximum absolute atomic E-state index is 6.27. The third-order valence-corrected chi connectivity index (χ3v) is 3.58. The van der Waals surface area contributed by atoms with Gasteiger partial charge in [0.05, 0.1) is 6.04 Å². The summed E-state index contributed by atoms with van der Waals surface area (Å²) >= 11 is 0. The van der Waals surface area contributed by atoms with Crippen molar-refractivity contribution in [2.45, 2.75) is 33.7 Å². The molecule has 0 aliphatic carbocycles. The zero-order valence-electron chi connectivity index (χ0n) is 12.7. The van der Waals surface area contributed by atoms with Gasteiger partial charge in [-0.25, -0.2) is 0 Å². The number of ether oxygens (including phenoxy) is 1. The lowest BCUT2D eigenvalue weighted by Crippen LogP contribution is -2.20. The molecule has 0 saturated heterocycles. The second-order valence-electron chi connectivity index (χ2n) is 5.55. The Kier molecular flexibility index (Phi) is 4.46. The van der Waals surface area contributed by atoms with Crippen LogP contribution < -0.4 is 10.5 Å². The van der Waals surface area contributed by atoms with Gasteiger partial charge in [-0.1, -0.05) is 41.5 Å². The average Bonchev–Trinajstić information content (AvgIpc) is 2.40. The van der Waals surface area contributed by atoms with Crippen LogP contribution in [0.4, 0.5) is 0 Å². The third kappa shape index (κ3) is 3.40. The SMILES string of the molecule is Cc1ccc(OCC(N)c2cc(C)ccc2C)c(C)c1. The molecule has 2 nitrogen and oxygen atoms in total. The molecule has 2 aromatic carbocycles. The number of hydrogen-bond acceptors (Lipinski definition) is 2. The van der Waals surface area contributed by atoms with Gasteiger partial charge >= 0.3 is 0 Å². The Labute approximate surface area is 121 Å². The fourth-order valence-corrected chi connectivity index (χ4v) is 2.39. The van der Waals surface area contributed by atoms with E-state index in [1.165, 1.54) is 16.7 Å². The van der Waals surface area contributed by atoms with Crippen LogP contribution in [0, 0.1) is 27.7 Å². The van der Waals surface area contributed by atoms with Crippen molar-refractivity contribution in [3.8, 4) is 5.75 Å². The molecule has 1 unspecified atom stereocenters. The highest BCUT2D eigenvalue weighted by Crippen LogP contribution is 2.22. The maximum Gasteiger partial charge on any atom is 0.122 e. The minimum absolute atomic E-state index is 0.101. The van der Waals surface area contributed by atoms with Gasteiger partial charge in [0, 0.05) is 0 Å². The number of nitrogens with two attached hydrogens (primary N) is 1. The molecule has 106 valence electrons. The van der Waals surface area contributed by atoms with Crippen molar-refractivity contribution in [2.24, 2.45) is 5.73 Å². The van der Waals surface area contributed by atoms with Crippen LogP contribution in [-0.4, -0.2) is 6.61 Å². The molecule has 20 heavy (non-hydrogen) atoms. The number of benzene rings is 2. The van der Waals surface area contributed by atoms with Gasteiger partial charge in [-0.05, 0) is 50.5 Å². The van der Waals surface area contributed by atoms with Crippen molar-refractivity contribution in [2.75, 3.05) is 6.61 Å². The van der Waals surface area contributed by atoms with Gasteiger partial charge in [0.1, 0.15) is 12.4 Å². The molecule has 2 rings (SSSR count). The van der Waals surface area contributed by atoms with Gasteiger partial charge in [0.25, 0.3) is 0 Å². The molecule has 0 bridgehead atoms. The van der Waals surface area contributed by atoms with Crippen molar-refractivity contribution in [1.82, 2.24) is 0 Å². The van der Waals surface area contributed by atoms with Crippen LogP contribution in [0.25, 0.3) is 0 Å². The Morgan fingerprint density at radius 2 is 1.55 bits per heavy atom. The van der Waals surface area contributed by atoms with Crippen molar-refractivity contribution in [1.29, 1.82) is 0 Å². The molecule has 0 aromatic heterocycles. The van der Waals surface area contributed by atoms with E-state index in [0.717, 1.165) is 16.9 Å². The lowest BCUT2D eigenvalue weighted by molar-refractivity contribution is 0.288. The van der Waals surface area contributed by atoms with E-state index in [2.05, 4.69) is 58.0 Å². The zero-order valence-corrected chi connectivity index (χ0v) is 12.7. The zero-order chi connectivity index (χ0) is 14.7. The van der Waals surface area contributed by atoms with Crippen LogP contribution in [0.5, 0.6) is 5.75 Å². The van der Waals surface area contributed by atoms with Gasteiger partial charge in [0.2, 0.25) is 0 Å². The Hall–Kier alpha value is -1.80. The van der Waals surface area contributed by atoms with Gasteiger partial charge < -0.3 is 10.5 Å². The molecule has 2 N–H and O–H groups in total.